The van der Waals surface area contributed by atoms with Crippen LogP contribution in [0.5, 0.6) is 5.75 Å². The summed E-state index contributed by atoms with van der Waals surface area (Å²) in [5.41, 5.74) is 2.61. The van der Waals surface area contributed by atoms with Gasteiger partial charge in [-0.3, -0.25) is 9.36 Å². The molecule has 7 nitrogen and oxygen atoms in total. The molecular weight excluding hydrogens is 442 g/mol. The number of benzene rings is 1. The minimum absolute atomic E-state index is 0.166. The van der Waals surface area contributed by atoms with Crippen molar-refractivity contribution in [2.75, 3.05) is 18.2 Å². The Kier molecular flexibility index (Phi) is 6.93. The zero-order valence-electron chi connectivity index (χ0n) is 17.8. The van der Waals surface area contributed by atoms with Gasteiger partial charge < -0.3 is 10.1 Å². The second kappa shape index (κ2) is 10.0. The molecule has 0 unspecified atom stereocenters. The average molecular weight is 466 g/mol. The van der Waals surface area contributed by atoms with Crippen molar-refractivity contribution in [3.05, 3.63) is 52.9 Å². The number of aromatic nitrogens is 3. The smallest absolute Gasteiger partial charge is 0.235 e. The molecule has 164 valence electrons. The molecule has 1 amide bonds. The summed E-state index contributed by atoms with van der Waals surface area (Å²) in [6, 6.07) is 9.88. The zero-order valence-corrected chi connectivity index (χ0v) is 19.4. The number of thiophene rings is 1. The van der Waals surface area contributed by atoms with E-state index in [1.165, 1.54) is 28.0 Å². The largest absolute Gasteiger partial charge is 0.497 e. The van der Waals surface area contributed by atoms with E-state index in [1.807, 2.05) is 28.8 Å². The number of anilines is 1. The Morgan fingerprint density at radius 2 is 2.25 bits per heavy atom. The summed E-state index contributed by atoms with van der Waals surface area (Å²) in [7, 11) is 1.62. The maximum Gasteiger partial charge on any atom is 0.235 e. The second-order valence-corrected chi connectivity index (χ2v) is 9.35. The summed E-state index contributed by atoms with van der Waals surface area (Å²) < 4.78 is 7.23. The third-order valence-corrected chi connectivity index (χ3v) is 7.40. The van der Waals surface area contributed by atoms with Gasteiger partial charge in [0, 0.05) is 17.0 Å². The summed E-state index contributed by atoms with van der Waals surface area (Å²) in [6.45, 7) is 4.34. The highest BCUT2D eigenvalue weighted by atomic mass is 32.2. The molecule has 1 aliphatic rings. The van der Waals surface area contributed by atoms with Gasteiger partial charge in [0.15, 0.2) is 11.0 Å². The van der Waals surface area contributed by atoms with Crippen LogP contribution in [0.2, 0.25) is 0 Å². The fourth-order valence-corrected chi connectivity index (χ4v) is 5.73. The van der Waals surface area contributed by atoms with Crippen molar-refractivity contribution >= 4 is 34.0 Å². The van der Waals surface area contributed by atoms with Gasteiger partial charge in [-0.1, -0.05) is 30.0 Å². The molecular formula is C23H23N5O2S2. The van der Waals surface area contributed by atoms with Gasteiger partial charge in [-0.05, 0) is 43.4 Å². The van der Waals surface area contributed by atoms with Crippen LogP contribution in [0.1, 0.15) is 28.8 Å². The van der Waals surface area contributed by atoms with E-state index in [0.717, 1.165) is 42.6 Å². The Labute approximate surface area is 195 Å². The van der Waals surface area contributed by atoms with Crippen molar-refractivity contribution in [1.82, 2.24) is 14.8 Å². The number of nitriles is 1. The number of carbonyl (C=O) groups is 1. The van der Waals surface area contributed by atoms with Gasteiger partial charge in [0.05, 0.1) is 18.4 Å². The van der Waals surface area contributed by atoms with E-state index >= 15 is 0 Å². The van der Waals surface area contributed by atoms with Crippen molar-refractivity contribution in [2.45, 2.75) is 37.4 Å². The molecule has 3 aromatic rings. The first kappa shape index (κ1) is 22.1. The summed E-state index contributed by atoms with van der Waals surface area (Å²) in [4.78, 5) is 13.9. The number of carbonyl (C=O) groups excluding carboxylic acids is 1. The number of methoxy groups -OCH3 is 1. The number of thioether (sulfide) groups is 1. The van der Waals surface area contributed by atoms with Crippen LogP contribution in [0.25, 0.3) is 11.4 Å². The minimum atomic E-state index is -0.166. The van der Waals surface area contributed by atoms with Crippen LogP contribution in [-0.2, 0) is 24.2 Å². The van der Waals surface area contributed by atoms with E-state index in [4.69, 9.17) is 4.74 Å². The predicted molar refractivity (Wildman–Crippen MR) is 127 cm³/mol. The number of ether oxygens (including phenoxy) is 1. The van der Waals surface area contributed by atoms with E-state index in [9.17, 15) is 10.1 Å². The van der Waals surface area contributed by atoms with Gasteiger partial charge in [0.2, 0.25) is 5.91 Å². The summed E-state index contributed by atoms with van der Waals surface area (Å²) in [5, 5.41) is 22.4. The summed E-state index contributed by atoms with van der Waals surface area (Å²) >= 11 is 2.84. The predicted octanol–water partition coefficient (Wildman–Crippen LogP) is 4.68. The van der Waals surface area contributed by atoms with Crippen molar-refractivity contribution in [1.29, 1.82) is 5.26 Å². The van der Waals surface area contributed by atoms with Crippen LogP contribution in [0.4, 0.5) is 5.00 Å². The minimum Gasteiger partial charge on any atom is -0.497 e. The molecule has 0 saturated carbocycles. The number of hydrogen-bond acceptors (Lipinski definition) is 7. The summed E-state index contributed by atoms with van der Waals surface area (Å²) in [6.07, 6.45) is 5.90. The van der Waals surface area contributed by atoms with Gasteiger partial charge >= 0.3 is 0 Å². The molecule has 4 rings (SSSR count). The van der Waals surface area contributed by atoms with E-state index in [0.29, 0.717) is 28.1 Å². The maximum atomic E-state index is 12.7. The molecule has 1 N–H and O–H groups in total. The Hall–Kier alpha value is -3.09. The van der Waals surface area contributed by atoms with Gasteiger partial charge in [-0.15, -0.1) is 28.1 Å². The molecule has 0 fully saturated rings. The van der Waals surface area contributed by atoms with Crippen LogP contribution < -0.4 is 10.1 Å². The first-order valence-electron chi connectivity index (χ1n) is 10.3. The fraction of sp³-hybridized carbons (Fsp3) is 0.304. The SMILES string of the molecule is C=CCn1c(SCC(=O)Nc2sc3c(c2C#N)CCCC3)nnc1-c1cccc(OC)c1. The van der Waals surface area contributed by atoms with Gasteiger partial charge in [-0.2, -0.15) is 5.26 Å². The topological polar surface area (TPSA) is 92.8 Å². The molecule has 0 aliphatic heterocycles. The Balaban J connectivity index is 1.49. The van der Waals surface area contributed by atoms with Gasteiger partial charge in [-0.25, -0.2) is 0 Å². The van der Waals surface area contributed by atoms with Crippen molar-refractivity contribution in [2.24, 2.45) is 0 Å². The molecule has 32 heavy (non-hydrogen) atoms. The summed E-state index contributed by atoms with van der Waals surface area (Å²) in [5.74, 6) is 1.42. The van der Waals surface area contributed by atoms with E-state index in [2.05, 4.69) is 28.2 Å². The average Bonchev–Trinajstić information content (AvgIpc) is 3.38. The van der Waals surface area contributed by atoms with Gasteiger partial charge in [0.25, 0.3) is 0 Å². The number of fused-ring (bicyclic) bond motifs is 1. The number of rotatable bonds is 8. The highest BCUT2D eigenvalue weighted by Crippen LogP contribution is 2.37. The third-order valence-electron chi connectivity index (χ3n) is 5.22. The highest BCUT2D eigenvalue weighted by molar-refractivity contribution is 7.99. The van der Waals surface area contributed by atoms with E-state index in [1.54, 1.807) is 13.2 Å². The van der Waals surface area contributed by atoms with Crippen molar-refractivity contribution < 1.29 is 9.53 Å². The first-order valence-corrected chi connectivity index (χ1v) is 12.1. The van der Waals surface area contributed by atoms with Crippen LogP contribution in [0.3, 0.4) is 0 Å². The van der Waals surface area contributed by atoms with Crippen LogP contribution in [-0.4, -0.2) is 33.5 Å². The maximum absolute atomic E-state index is 12.7. The number of amides is 1. The lowest BCUT2D eigenvalue weighted by Gasteiger charge is -2.09. The Morgan fingerprint density at radius 3 is 3.03 bits per heavy atom. The Morgan fingerprint density at radius 1 is 1.41 bits per heavy atom. The molecule has 1 aromatic carbocycles. The number of allylic oxidation sites excluding steroid dienone is 1. The standard InChI is InChI=1S/C23H23N5O2S2/c1-3-11-28-21(15-7-6-8-16(12-15)30-2)26-27-23(28)31-14-20(29)25-22-18(13-24)17-9-4-5-10-19(17)32-22/h3,6-8,12H,1,4-5,9-11,14H2,2H3,(H,25,29). The molecule has 2 aromatic heterocycles. The first-order chi connectivity index (χ1) is 15.6. The van der Waals surface area contributed by atoms with Gasteiger partial charge in [0.1, 0.15) is 16.8 Å². The van der Waals surface area contributed by atoms with Crippen LogP contribution >= 0.6 is 23.1 Å². The molecule has 2 heterocycles. The Bertz CT molecular complexity index is 1190. The highest BCUT2D eigenvalue weighted by Gasteiger charge is 2.22. The number of nitrogens with zero attached hydrogens (tertiary/aromatic N) is 4. The molecule has 0 atom stereocenters. The molecule has 0 spiro atoms. The molecule has 0 saturated heterocycles. The van der Waals surface area contributed by atoms with Crippen molar-refractivity contribution in [3.63, 3.8) is 0 Å². The van der Waals surface area contributed by atoms with E-state index in [-0.39, 0.29) is 11.7 Å². The lowest BCUT2D eigenvalue weighted by molar-refractivity contribution is -0.113. The lowest BCUT2D eigenvalue weighted by Crippen LogP contribution is -2.14. The molecule has 1 aliphatic carbocycles. The lowest BCUT2D eigenvalue weighted by atomic mass is 9.96. The van der Waals surface area contributed by atoms with Crippen LogP contribution in [0.15, 0.2) is 42.1 Å². The second-order valence-electron chi connectivity index (χ2n) is 7.30. The molecule has 0 radical (unpaired) electrons. The number of aryl methyl sites for hydroxylation is 1. The van der Waals surface area contributed by atoms with Crippen LogP contribution in [0, 0.1) is 11.3 Å². The molecule has 9 heteroatoms. The van der Waals surface area contributed by atoms with E-state index < -0.39 is 0 Å². The van der Waals surface area contributed by atoms with Crippen molar-refractivity contribution in [3.8, 4) is 23.2 Å². The zero-order chi connectivity index (χ0) is 22.5. The quantitative estimate of drug-likeness (QED) is 0.383. The normalized spacial score (nSPS) is 12.6. The molecule has 0 bridgehead atoms. The number of hydrogen-bond donors (Lipinski definition) is 1. The number of nitrogens with one attached hydrogen (secondary N) is 1. The monoisotopic (exact) mass is 465 g/mol. The fourth-order valence-electron chi connectivity index (χ4n) is 3.73. The third kappa shape index (κ3) is 4.56.